The number of carbonyl (C=O) groups excluding carboxylic acids is 1. The molecule has 2 aromatic carbocycles. The quantitative estimate of drug-likeness (QED) is 0.509. The average molecular weight is 529 g/mol. The van der Waals surface area contributed by atoms with Gasteiger partial charge in [0, 0.05) is 48.8 Å². The molecular weight excluding hydrogens is 496 g/mol. The Bertz CT molecular complexity index is 980. The Hall–Kier alpha value is -2.19. The maximum Gasteiger partial charge on any atom is 0.246 e. The van der Waals surface area contributed by atoms with Crippen LogP contribution in [-0.4, -0.2) is 71.4 Å². The zero-order valence-corrected chi connectivity index (χ0v) is 21.0. The summed E-state index contributed by atoms with van der Waals surface area (Å²) in [5.74, 6) is 0.677. The van der Waals surface area contributed by atoms with Crippen molar-refractivity contribution < 1.29 is 19.7 Å². The van der Waals surface area contributed by atoms with Crippen molar-refractivity contribution in [3.63, 3.8) is 0 Å². The molecule has 0 saturated carbocycles. The summed E-state index contributed by atoms with van der Waals surface area (Å²) >= 11 is 3.44. The molecule has 182 valence electrons. The Balaban J connectivity index is 1.26. The Morgan fingerprint density at radius 3 is 2.44 bits per heavy atom. The molecule has 1 amide bonds. The molecule has 2 aliphatic heterocycles. The minimum absolute atomic E-state index is 0.0283. The van der Waals surface area contributed by atoms with Crippen molar-refractivity contribution in [1.82, 2.24) is 9.80 Å². The van der Waals surface area contributed by atoms with E-state index in [9.17, 15) is 15.0 Å². The number of carbonyl (C=O) groups is 1. The van der Waals surface area contributed by atoms with Crippen molar-refractivity contribution in [3.8, 4) is 5.75 Å². The van der Waals surface area contributed by atoms with E-state index < -0.39 is 11.7 Å². The molecular formula is C27H33BrN2O4. The molecule has 2 aliphatic rings. The number of nitrogens with zero attached hydrogens (tertiary/aromatic N) is 2. The predicted molar refractivity (Wildman–Crippen MR) is 137 cm³/mol. The second-order valence-electron chi connectivity index (χ2n) is 9.21. The van der Waals surface area contributed by atoms with Crippen LogP contribution in [0.25, 0.3) is 6.08 Å². The molecule has 1 atom stereocenters. The first-order valence-electron chi connectivity index (χ1n) is 12.0. The highest BCUT2D eigenvalue weighted by Gasteiger charge is 2.34. The van der Waals surface area contributed by atoms with Gasteiger partial charge >= 0.3 is 0 Å². The lowest BCUT2D eigenvalue weighted by Crippen LogP contribution is -2.46. The summed E-state index contributed by atoms with van der Waals surface area (Å²) in [7, 11) is 0. The van der Waals surface area contributed by atoms with Crippen LogP contribution >= 0.6 is 15.9 Å². The summed E-state index contributed by atoms with van der Waals surface area (Å²) in [5.41, 5.74) is 0.933. The second-order valence-corrected chi connectivity index (χ2v) is 10.1. The van der Waals surface area contributed by atoms with Gasteiger partial charge in [-0.1, -0.05) is 46.3 Å². The number of para-hydroxylation sites is 1. The molecule has 1 unspecified atom stereocenters. The summed E-state index contributed by atoms with van der Waals surface area (Å²) in [6, 6.07) is 15.4. The number of β-amino-alcohol motifs (C(OH)–C–C–N with tert-alkyl or cyclic N) is 1. The lowest BCUT2D eigenvalue weighted by atomic mass is 9.84. The third-order valence-electron chi connectivity index (χ3n) is 6.71. The molecule has 2 saturated heterocycles. The van der Waals surface area contributed by atoms with Crippen molar-refractivity contribution >= 4 is 27.9 Å². The molecule has 34 heavy (non-hydrogen) atoms. The number of hydrogen-bond acceptors (Lipinski definition) is 5. The van der Waals surface area contributed by atoms with Crippen molar-refractivity contribution in [2.45, 2.75) is 37.4 Å². The molecule has 0 radical (unpaired) electrons. The third-order valence-corrected chi connectivity index (χ3v) is 7.24. The van der Waals surface area contributed by atoms with E-state index in [0.717, 1.165) is 41.5 Å². The fraction of sp³-hybridized carbons (Fsp3) is 0.444. The number of piperidine rings is 1. The first-order chi connectivity index (χ1) is 16.4. The molecule has 0 spiro atoms. The van der Waals surface area contributed by atoms with Gasteiger partial charge in [-0.15, -0.1) is 0 Å². The summed E-state index contributed by atoms with van der Waals surface area (Å²) in [6.45, 7) is 3.72. The van der Waals surface area contributed by atoms with Gasteiger partial charge in [-0.05, 0) is 55.5 Å². The van der Waals surface area contributed by atoms with E-state index in [1.54, 1.807) is 12.2 Å². The Morgan fingerprint density at radius 1 is 1.06 bits per heavy atom. The number of benzene rings is 2. The number of ether oxygens (including phenoxy) is 1. The summed E-state index contributed by atoms with van der Waals surface area (Å²) < 4.78 is 6.91. The van der Waals surface area contributed by atoms with E-state index in [4.69, 9.17) is 4.74 Å². The maximum absolute atomic E-state index is 12.3. The van der Waals surface area contributed by atoms with Crippen molar-refractivity contribution in [1.29, 1.82) is 0 Å². The summed E-state index contributed by atoms with van der Waals surface area (Å²) in [4.78, 5) is 16.3. The van der Waals surface area contributed by atoms with Crippen LogP contribution in [0, 0.1) is 0 Å². The highest BCUT2D eigenvalue weighted by molar-refractivity contribution is 9.10. The van der Waals surface area contributed by atoms with Crippen molar-refractivity contribution in [3.05, 3.63) is 70.2 Å². The summed E-state index contributed by atoms with van der Waals surface area (Å²) in [5, 5.41) is 21.6. The van der Waals surface area contributed by atoms with E-state index in [1.165, 1.54) is 0 Å². The van der Waals surface area contributed by atoms with Crippen LogP contribution in [0.2, 0.25) is 0 Å². The van der Waals surface area contributed by atoms with Crippen LogP contribution < -0.4 is 4.74 Å². The summed E-state index contributed by atoms with van der Waals surface area (Å²) in [6.07, 6.45) is 6.12. The van der Waals surface area contributed by atoms with Crippen LogP contribution in [0.15, 0.2) is 59.1 Å². The van der Waals surface area contributed by atoms with Gasteiger partial charge in [0.05, 0.1) is 5.60 Å². The second kappa shape index (κ2) is 11.5. The van der Waals surface area contributed by atoms with Gasteiger partial charge in [0.2, 0.25) is 5.91 Å². The average Bonchev–Trinajstić information content (AvgIpc) is 3.39. The SMILES string of the molecule is O=C(C=Cc1ccccc1OCC(O)CN1CCC(O)(c2ccc(Br)cc2)CC1)N1CCCC1. The molecule has 2 fully saturated rings. The standard InChI is InChI=1S/C27H33BrN2O4/c28-23-10-8-22(9-11-23)27(33)13-17-29(18-14-27)19-24(31)20-34-25-6-2-1-5-21(25)7-12-26(32)30-15-3-4-16-30/h1-2,5-12,24,31,33H,3-4,13-20H2. The van der Waals surface area contributed by atoms with E-state index in [0.29, 0.717) is 38.2 Å². The first-order valence-corrected chi connectivity index (χ1v) is 12.8. The highest BCUT2D eigenvalue weighted by Crippen LogP contribution is 2.33. The topological polar surface area (TPSA) is 73.2 Å². The molecule has 2 N–H and O–H groups in total. The maximum atomic E-state index is 12.3. The number of likely N-dealkylation sites (tertiary alicyclic amines) is 2. The number of halogens is 1. The van der Waals surface area contributed by atoms with Crippen LogP contribution in [0.1, 0.15) is 36.8 Å². The largest absolute Gasteiger partial charge is 0.490 e. The Labute approximate surface area is 210 Å². The van der Waals surface area contributed by atoms with Crippen molar-refractivity contribution in [2.24, 2.45) is 0 Å². The minimum atomic E-state index is -0.823. The fourth-order valence-corrected chi connectivity index (χ4v) is 4.91. The van der Waals surface area contributed by atoms with Gasteiger partial charge in [0.15, 0.2) is 0 Å². The Kier molecular flexibility index (Phi) is 8.42. The molecule has 0 bridgehead atoms. The lowest BCUT2D eigenvalue weighted by Gasteiger charge is -2.39. The molecule has 4 rings (SSSR count). The molecule has 0 aromatic heterocycles. The van der Waals surface area contributed by atoms with Crippen molar-refractivity contribution in [2.75, 3.05) is 39.3 Å². The van der Waals surface area contributed by atoms with Crippen LogP contribution in [0.3, 0.4) is 0 Å². The van der Waals surface area contributed by atoms with Gasteiger partial charge in [-0.3, -0.25) is 4.79 Å². The van der Waals surface area contributed by atoms with Crippen LogP contribution in [-0.2, 0) is 10.4 Å². The van der Waals surface area contributed by atoms with E-state index >= 15 is 0 Å². The molecule has 2 heterocycles. The van der Waals surface area contributed by atoms with Gasteiger partial charge in [0.25, 0.3) is 0 Å². The Morgan fingerprint density at radius 2 is 1.74 bits per heavy atom. The van der Waals surface area contributed by atoms with E-state index in [2.05, 4.69) is 20.8 Å². The first kappa shape index (κ1) is 24.9. The number of aliphatic hydroxyl groups excluding tert-OH is 1. The predicted octanol–water partition coefficient (Wildman–Crippen LogP) is 3.81. The highest BCUT2D eigenvalue weighted by atomic mass is 79.9. The molecule has 7 heteroatoms. The monoisotopic (exact) mass is 528 g/mol. The number of aliphatic hydroxyl groups is 2. The zero-order chi connectivity index (χ0) is 24.0. The molecule has 2 aromatic rings. The van der Waals surface area contributed by atoms with Gasteiger partial charge in [-0.25, -0.2) is 0 Å². The van der Waals surface area contributed by atoms with Gasteiger partial charge < -0.3 is 24.7 Å². The normalized spacial score (nSPS) is 19.4. The smallest absolute Gasteiger partial charge is 0.246 e. The van der Waals surface area contributed by atoms with Gasteiger partial charge in [0.1, 0.15) is 18.5 Å². The van der Waals surface area contributed by atoms with E-state index in [1.807, 2.05) is 53.4 Å². The van der Waals surface area contributed by atoms with Crippen LogP contribution in [0.5, 0.6) is 5.75 Å². The van der Waals surface area contributed by atoms with E-state index in [-0.39, 0.29) is 12.5 Å². The number of amides is 1. The van der Waals surface area contributed by atoms with Crippen LogP contribution in [0.4, 0.5) is 0 Å². The molecule has 6 nitrogen and oxygen atoms in total. The number of hydrogen-bond donors (Lipinski definition) is 2. The number of rotatable bonds is 8. The lowest BCUT2D eigenvalue weighted by molar-refractivity contribution is -0.124. The third kappa shape index (κ3) is 6.48. The van der Waals surface area contributed by atoms with Gasteiger partial charge in [-0.2, -0.15) is 0 Å². The fourth-order valence-electron chi connectivity index (χ4n) is 4.64. The minimum Gasteiger partial charge on any atom is -0.490 e. The zero-order valence-electron chi connectivity index (χ0n) is 19.4. The molecule has 0 aliphatic carbocycles.